The Labute approximate surface area is 108 Å². The van der Waals surface area contributed by atoms with Crippen LogP contribution in [0.15, 0.2) is 18.2 Å². The molecule has 0 radical (unpaired) electrons. The lowest BCUT2D eigenvalue weighted by Crippen LogP contribution is -2.30. The summed E-state index contributed by atoms with van der Waals surface area (Å²) in [6.45, 7) is 3.69. The Kier molecular flexibility index (Phi) is 4.73. The molecular formula is C14H21NO3. The SMILES string of the molecule is COc1ccc(C(C(C)C(=O)O)N(C)C)cc1C. The third-order valence-electron chi connectivity index (χ3n) is 3.18. The van der Waals surface area contributed by atoms with Gasteiger partial charge in [-0.2, -0.15) is 0 Å². The number of ether oxygens (including phenoxy) is 1. The van der Waals surface area contributed by atoms with E-state index < -0.39 is 11.9 Å². The normalized spacial score (nSPS) is 14.3. The summed E-state index contributed by atoms with van der Waals surface area (Å²) in [5.74, 6) is -0.436. The first-order valence-electron chi connectivity index (χ1n) is 5.92. The van der Waals surface area contributed by atoms with E-state index in [0.717, 1.165) is 16.9 Å². The molecule has 1 N–H and O–H groups in total. The first-order chi connectivity index (χ1) is 8.38. The Balaban J connectivity index is 3.14. The van der Waals surface area contributed by atoms with Gasteiger partial charge >= 0.3 is 5.97 Å². The number of carboxylic acid groups (broad SMARTS) is 1. The predicted molar refractivity (Wildman–Crippen MR) is 71.0 cm³/mol. The average molecular weight is 251 g/mol. The summed E-state index contributed by atoms with van der Waals surface area (Å²) in [5, 5.41) is 9.18. The molecule has 0 aliphatic heterocycles. The molecular weight excluding hydrogens is 230 g/mol. The summed E-state index contributed by atoms with van der Waals surface area (Å²) in [6, 6.07) is 5.65. The van der Waals surface area contributed by atoms with Crippen LogP contribution in [0.25, 0.3) is 0 Å². The zero-order valence-corrected chi connectivity index (χ0v) is 11.6. The lowest BCUT2D eigenvalue weighted by atomic mass is 9.92. The highest BCUT2D eigenvalue weighted by molar-refractivity contribution is 5.70. The van der Waals surface area contributed by atoms with Gasteiger partial charge in [0.25, 0.3) is 0 Å². The molecule has 0 aliphatic carbocycles. The number of carboxylic acids is 1. The van der Waals surface area contributed by atoms with Crippen molar-refractivity contribution in [1.29, 1.82) is 0 Å². The number of hydrogen-bond donors (Lipinski definition) is 1. The van der Waals surface area contributed by atoms with Crippen molar-refractivity contribution < 1.29 is 14.6 Å². The van der Waals surface area contributed by atoms with E-state index in [9.17, 15) is 9.90 Å². The van der Waals surface area contributed by atoms with Gasteiger partial charge in [-0.05, 0) is 38.2 Å². The van der Waals surface area contributed by atoms with Crippen molar-refractivity contribution in [3.63, 3.8) is 0 Å². The van der Waals surface area contributed by atoms with Crippen molar-refractivity contribution >= 4 is 5.97 Å². The molecule has 2 atom stereocenters. The summed E-state index contributed by atoms with van der Waals surface area (Å²) in [6.07, 6.45) is 0. The number of methoxy groups -OCH3 is 1. The van der Waals surface area contributed by atoms with Crippen LogP contribution < -0.4 is 4.74 Å². The van der Waals surface area contributed by atoms with Crippen LogP contribution >= 0.6 is 0 Å². The Bertz CT molecular complexity index is 429. The van der Waals surface area contributed by atoms with E-state index in [1.807, 2.05) is 44.1 Å². The molecule has 0 aromatic heterocycles. The standard InChI is InChI=1S/C14H21NO3/c1-9-8-11(6-7-12(9)18-5)13(15(3)4)10(2)14(16)17/h6-8,10,13H,1-5H3,(H,16,17). The largest absolute Gasteiger partial charge is 0.496 e. The van der Waals surface area contributed by atoms with E-state index in [0.29, 0.717) is 0 Å². The predicted octanol–water partition coefficient (Wildman–Crippen LogP) is 2.33. The smallest absolute Gasteiger partial charge is 0.308 e. The van der Waals surface area contributed by atoms with Crippen molar-refractivity contribution in [2.24, 2.45) is 5.92 Å². The van der Waals surface area contributed by atoms with E-state index in [4.69, 9.17) is 4.74 Å². The fourth-order valence-corrected chi connectivity index (χ4v) is 2.25. The molecule has 0 amide bonds. The molecule has 2 unspecified atom stereocenters. The number of aryl methyl sites for hydroxylation is 1. The molecule has 18 heavy (non-hydrogen) atoms. The van der Waals surface area contributed by atoms with Crippen molar-refractivity contribution in [3.05, 3.63) is 29.3 Å². The topological polar surface area (TPSA) is 49.8 Å². The van der Waals surface area contributed by atoms with Gasteiger partial charge in [-0.15, -0.1) is 0 Å². The van der Waals surface area contributed by atoms with Crippen molar-refractivity contribution in [2.45, 2.75) is 19.9 Å². The van der Waals surface area contributed by atoms with Crippen LogP contribution in [0.2, 0.25) is 0 Å². The Morgan fingerprint density at radius 1 is 1.39 bits per heavy atom. The van der Waals surface area contributed by atoms with Gasteiger partial charge in [0.2, 0.25) is 0 Å². The molecule has 100 valence electrons. The fraction of sp³-hybridized carbons (Fsp3) is 0.500. The van der Waals surface area contributed by atoms with Gasteiger partial charge in [0, 0.05) is 6.04 Å². The summed E-state index contributed by atoms with van der Waals surface area (Å²) >= 11 is 0. The molecule has 0 bridgehead atoms. The Hall–Kier alpha value is -1.55. The highest BCUT2D eigenvalue weighted by atomic mass is 16.5. The number of hydrogen-bond acceptors (Lipinski definition) is 3. The van der Waals surface area contributed by atoms with Crippen LogP contribution in [0.3, 0.4) is 0 Å². The minimum atomic E-state index is -0.790. The summed E-state index contributed by atoms with van der Waals surface area (Å²) in [5.41, 5.74) is 2.01. The second-order valence-corrected chi connectivity index (χ2v) is 4.76. The number of aliphatic carboxylic acids is 1. The molecule has 0 aliphatic rings. The van der Waals surface area contributed by atoms with Crippen LogP contribution in [0.5, 0.6) is 5.75 Å². The van der Waals surface area contributed by atoms with Gasteiger partial charge in [0.05, 0.1) is 13.0 Å². The number of carbonyl (C=O) groups is 1. The third kappa shape index (κ3) is 3.01. The van der Waals surface area contributed by atoms with Crippen LogP contribution in [0.4, 0.5) is 0 Å². The van der Waals surface area contributed by atoms with Gasteiger partial charge in [0.15, 0.2) is 0 Å². The molecule has 1 rings (SSSR count). The third-order valence-corrected chi connectivity index (χ3v) is 3.18. The van der Waals surface area contributed by atoms with Gasteiger partial charge in [0.1, 0.15) is 5.75 Å². The summed E-state index contributed by atoms with van der Waals surface area (Å²) in [4.78, 5) is 13.1. The van der Waals surface area contributed by atoms with Crippen LogP contribution in [-0.2, 0) is 4.79 Å². The number of rotatable bonds is 5. The zero-order valence-electron chi connectivity index (χ0n) is 11.6. The second-order valence-electron chi connectivity index (χ2n) is 4.76. The van der Waals surface area contributed by atoms with Gasteiger partial charge in [-0.3, -0.25) is 4.79 Å². The molecule has 0 saturated carbocycles. The van der Waals surface area contributed by atoms with E-state index in [2.05, 4.69) is 0 Å². The zero-order chi connectivity index (χ0) is 13.9. The van der Waals surface area contributed by atoms with Crippen LogP contribution in [-0.4, -0.2) is 37.2 Å². The minimum Gasteiger partial charge on any atom is -0.496 e. The maximum atomic E-state index is 11.2. The fourth-order valence-electron chi connectivity index (χ4n) is 2.25. The second kappa shape index (κ2) is 5.87. The van der Waals surface area contributed by atoms with Crippen molar-refractivity contribution in [2.75, 3.05) is 21.2 Å². The van der Waals surface area contributed by atoms with E-state index in [1.165, 1.54) is 0 Å². The lowest BCUT2D eigenvalue weighted by Gasteiger charge is -2.28. The maximum absolute atomic E-state index is 11.2. The minimum absolute atomic E-state index is 0.146. The molecule has 4 heteroatoms. The Morgan fingerprint density at radius 2 is 2.00 bits per heavy atom. The molecule has 0 heterocycles. The Morgan fingerprint density at radius 3 is 2.39 bits per heavy atom. The summed E-state index contributed by atoms with van der Waals surface area (Å²) in [7, 11) is 5.42. The van der Waals surface area contributed by atoms with Gasteiger partial charge < -0.3 is 14.7 Å². The van der Waals surface area contributed by atoms with Crippen LogP contribution in [0.1, 0.15) is 24.1 Å². The monoisotopic (exact) mass is 251 g/mol. The molecule has 0 saturated heterocycles. The van der Waals surface area contributed by atoms with E-state index in [-0.39, 0.29) is 6.04 Å². The first kappa shape index (κ1) is 14.5. The van der Waals surface area contributed by atoms with Crippen LogP contribution in [0, 0.1) is 12.8 Å². The quantitative estimate of drug-likeness (QED) is 0.872. The average Bonchev–Trinajstić information content (AvgIpc) is 2.28. The molecule has 1 aromatic carbocycles. The number of benzene rings is 1. The molecule has 4 nitrogen and oxygen atoms in total. The van der Waals surface area contributed by atoms with Crippen molar-refractivity contribution in [1.82, 2.24) is 4.90 Å². The molecule has 0 spiro atoms. The first-order valence-corrected chi connectivity index (χ1v) is 5.92. The van der Waals surface area contributed by atoms with Gasteiger partial charge in [-0.25, -0.2) is 0 Å². The maximum Gasteiger partial charge on any atom is 0.308 e. The summed E-state index contributed by atoms with van der Waals surface area (Å²) < 4.78 is 5.22. The van der Waals surface area contributed by atoms with Gasteiger partial charge in [-0.1, -0.05) is 19.1 Å². The van der Waals surface area contributed by atoms with E-state index >= 15 is 0 Å². The molecule has 1 aromatic rings. The highest BCUT2D eigenvalue weighted by Gasteiger charge is 2.27. The highest BCUT2D eigenvalue weighted by Crippen LogP contribution is 2.30. The lowest BCUT2D eigenvalue weighted by molar-refractivity contribution is -0.143. The molecule has 0 fully saturated rings. The number of nitrogens with zero attached hydrogens (tertiary/aromatic N) is 1. The van der Waals surface area contributed by atoms with Crippen molar-refractivity contribution in [3.8, 4) is 5.75 Å². The van der Waals surface area contributed by atoms with E-state index in [1.54, 1.807) is 14.0 Å².